The Bertz CT molecular complexity index is 460. The lowest BCUT2D eigenvalue weighted by Gasteiger charge is -2.23. The molecule has 4 nitrogen and oxygen atoms in total. The van der Waals surface area contributed by atoms with E-state index in [1.54, 1.807) is 0 Å². The third-order valence-electron chi connectivity index (χ3n) is 4.00. The molecule has 0 aromatic heterocycles. The van der Waals surface area contributed by atoms with Crippen LogP contribution in [0.2, 0.25) is 0 Å². The van der Waals surface area contributed by atoms with Gasteiger partial charge in [0, 0.05) is 12.6 Å². The van der Waals surface area contributed by atoms with Crippen LogP contribution in [0.4, 0.5) is 4.79 Å². The number of carbonyl (C=O) groups is 1. The minimum absolute atomic E-state index is 0.0108. The van der Waals surface area contributed by atoms with Gasteiger partial charge in [0.05, 0.1) is 6.04 Å². The van der Waals surface area contributed by atoms with E-state index in [1.165, 1.54) is 11.1 Å². The maximum Gasteiger partial charge on any atom is 0.315 e. The van der Waals surface area contributed by atoms with E-state index < -0.39 is 0 Å². The van der Waals surface area contributed by atoms with Crippen molar-refractivity contribution in [3.05, 3.63) is 35.4 Å². The number of amides is 2. The summed E-state index contributed by atoms with van der Waals surface area (Å²) in [5.74, 6) is 0.309. The van der Waals surface area contributed by atoms with E-state index in [1.807, 2.05) is 26.0 Å². The molecule has 0 aliphatic heterocycles. The summed E-state index contributed by atoms with van der Waals surface area (Å²) in [5.41, 5.74) is 2.56. The standard InChI is InChI=1S/C16H24N2O2/c1-11(2)14(9-10-19)17-16(20)18-15-8-7-12-5-3-4-6-13(12)15/h3-6,11,14-15,19H,7-10H2,1-2H3,(H2,17,18,20). The van der Waals surface area contributed by atoms with Gasteiger partial charge in [0.25, 0.3) is 0 Å². The van der Waals surface area contributed by atoms with Gasteiger partial charge in [-0.2, -0.15) is 0 Å². The van der Waals surface area contributed by atoms with Crippen molar-refractivity contribution >= 4 is 6.03 Å². The van der Waals surface area contributed by atoms with Crippen molar-refractivity contribution in [2.24, 2.45) is 5.92 Å². The summed E-state index contributed by atoms with van der Waals surface area (Å²) in [5, 5.41) is 15.1. The molecule has 0 radical (unpaired) electrons. The number of hydrogen-bond acceptors (Lipinski definition) is 2. The monoisotopic (exact) mass is 276 g/mol. The first-order valence-corrected chi connectivity index (χ1v) is 7.37. The minimum Gasteiger partial charge on any atom is -0.396 e. The Balaban J connectivity index is 1.92. The van der Waals surface area contributed by atoms with Gasteiger partial charge in [-0.15, -0.1) is 0 Å². The van der Waals surface area contributed by atoms with Gasteiger partial charge >= 0.3 is 6.03 Å². The molecule has 2 amide bonds. The average Bonchev–Trinajstić information content (AvgIpc) is 2.81. The highest BCUT2D eigenvalue weighted by atomic mass is 16.3. The van der Waals surface area contributed by atoms with Crippen LogP contribution < -0.4 is 10.6 Å². The minimum atomic E-state index is -0.140. The van der Waals surface area contributed by atoms with Gasteiger partial charge in [0.2, 0.25) is 0 Å². The summed E-state index contributed by atoms with van der Waals surface area (Å²) >= 11 is 0. The summed E-state index contributed by atoms with van der Waals surface area (Å²) in [6, 6.07) is 8.23. The predicted octanol–water partition coefficient (Wildman–Crippen LogP) is 2.38. The fourth-order valence-electron chi connectivity index (χ4n) is 2.79. The number of carbonyl (C=O) groups excluding carboxylic acids is 1. The molecule has 110 valence electrons. The van der Waals surface area contributed by atoms with Crippen LogP contribution in [0.25, 0.3) is 0 Å². The van der Waals surface area contributed by atoms with Crippen LogP contribution >= 0.6 is 0 Å². The molecule has 2 rings (SSSR count). The molecule has 1 aromatic carbocycles. The maximum atomic E-state index is 12.1. The van der Waals surface area contributed by atoms with E-state index in [9.17, 15) is 4.79 Å². The Kier molecular flexibility index (Phi) is 5.01. The fourth-order valence-corrected chi connectivity index (χ4v) is 2.79. The molecule has 0 heterocycles. The van der Waals surface area contributed by atoms with Gasteiger partial charge < -0.3 is 15.7 Å². The van der Waals surface area contributed by atoms with Crippen molar-refractivity contribution in [3.8, 4) is 0 Å². The average molecular weight is 276 g/mol. The molecule has 0 bridgehead atoms. The predicted molar refractivity (Wildman–Crippen MR) is 79.5 cm³/mol. The first-order chi connectivity index (χ1) is 9.61. The van der Waals surface area contributed by atoms with Gasteiger partial charge in [-0.1, -0.05) is 38.1 Å². The Morgan fingerprint density at radius 3 is 2.85 bits per heavy atom. The number of aliphatic hydroxyl groups is 1. The molecular weight excluding hydrogens is 252 g/mol. The zero-order valence-corrected chi connectivity index (χ0v) is 12.2. The molecule has 20 heavy (non-hydrogen) atoms. The van der Waals surface area contributed by atoms with E-state index in [2.05, 4.69) is 22.8 Å². The van der Waals surface area contributed by atoms with Crippen molar-refractivity contribution in [1.82, 2.24) is 10.6 Å². The zero-order chi connectivity index (χ0) is 14.5. The Morgan fingerprint density at radius 1 is 1.40 bits per heavy atom. The van der Waals surface area contributed by atoms with Crippen LogP contribution in [-0.4, -0.2) is 23.8 Å². The SMILES string of the molecule is CC(C)C(CCO)NC(=O)NC1CCc2ccccc21. The second-order valence-corrected chi connectivity index (χ2v) is 5.77. The van der Waals surface area contributed by atoms with E-state index in [0.717, 1.165) is 12.8 Å². The summed E-state index contributed by atoms with van der Waals surface area (Å²) in [4.78, 5) is 12.1. The van der Waals surface area contributed by atoms with E-state index >= 15 is 0 Å². The molecule has 3 N–H and O–H groups in total. The normalized spacial score (nSPS) is 18.7. The Morgan fingerprint density at radius 2 is 2.15 bits per heavy atom. The van der Waals surface area contributed by atoms with Crippen LogP contribution in [0.15, 0.2) is 24.3 Å². The number of aryl methyl sites for hydroxylation is 1. The smallest absolute Gasteiger partial charge is 0.315 e. The van der Waals surface area contributed by atoms with Crippen LogP contribution in [-0.2, 0) is 6.42 Å². The van der Waals surface area contributed by atoms with Crippen molar-refractivity contribution in [2.45, 2.75) is 45.2 Å². The molecule has 1 aromatic rings. The molecule has 0 fully saturated rings. The first-order valence-electron chi connectivity index (χ1n) is 7.37. The number of aliphatic hydroxyl groups excluding tert-OH is 1. The van der Waals surface area contributed by atoms with Crippen molar-refractivity contribution < 1.29 is 9.90 Å². The molecule has 0 spiro atoms. The third kappa shape index (κ3) is 3.51. The maximum absolute atomic E-state index is 12.1. The molecule has 4 heteroatoms. The molecule has 2 unspecified atom stereocenters. The van der Waals surface area contributed by atoms with Gasteiger partial charge in [-0.3, -0.25) is 0 Å². The molecule has 0 saturated heterocycles. The number of benzene rings is 1. The van der Waals surface area contributed by atoms with E-state index in [-0.39, 0.29) is 24.7 Å². The highest BCUT2D eigenvalue weighted by Crippen LogP contribution is 2.30. The summed E-state index contributed by atoms with van der Waals surface area (Å²) < 4.78 is 0. The van der Waals surface area contributed by atoms with Crippen LogP contribution in [0.1, 0.15) is 43.9 Å². The second kappa shape index (κ2) is 6.75. The highest BCUT2D eigenvalue weighted by Gasteiger charge is 2.24. The lowest BCUT2D eigenvalue weighted by atomic mass is 10.0. The largest absolute Gasteiger partial charge is 0.396 e. The number of hydrogen-bond donors (Lipinski definition) is 3. The molecule has 2 atom stereocenters. The Labute approximate surface area is 120 Å². The van der Waals surface area contributed by atoms with Gasteiger partial charge in [0.15, 0.2) is 0 Å². The van der Waals surface area contributed by atoms with Gasteiger partial charge in [0.1, 0.15) is 0 Å². The van der Waals surface area contributed by atoms with Crippen LogP contribution in [0.5, 0.6) is 0 Å². The van der Waals surface area contributed by atoms with Gasteiger partial charge in [-0.25, -0.2) is 4.79 Å². The van der Waals surface area contributed by atoms with E-state index in [4.69, 9.17) is 5.11 Å². The number of rotatable bonds is 5. The second-order valence-electron chi connectivity index (χ2n) is 5.77. The van der Waals surface area contributed by atoms with Crippen molar-refractivity contribution in [1.29, 1.82) is 0 Å². The topological polar surface area (TPSA) is 61.4 Å². The van der Waals surface area contributed by atoms with Crippen LogP contribution in [0, 0.1) is 5.92 Å². The summed E-state index contributed by atoms with van der Waals surface area (Å²) in [6.45, 7) is 4.19. The lowest BCUT2D eigenvalue weighted by molar-refractivity contribution is 0.216. The number of urea groups is 1. The number of nitrogens with one attached hydrogen (secondary N) is 2. The highest BCUT2D eigenvalue weighted by molar-refractivity contribution is 5.75. The van der Waals surface area contributed by atoms with Gasteiger partial charge in [-0.05, 0) is 36.3 Å². The summed E-state index contributed by atoms with van der Waals surface area (Å²) in [6.07, 6.45) is 2.57. The molecule has 1 aliphatic carbocycles. The molecule has 1 aliphatic rings. The molecular formula is C16H24N2O2. The quantitative estimate of drug-likeness (QED) is 0.773. The fraction of sp³-hybridized carbons (Fsp3) is 0.562. The first kappa shape index (κ1) is 14.9. The lowest BCUT2D eigenvalue weighted by Crippen LogP contribution is -2.45. The third-order valence-corrected chi connectivity index (χ3v) is 4.00. The van der Waals surface area contributed by atoms with Crippen LogP contribution in [0.3, 0.4) is 0 Å². The van der Waals surface area contributed by atoms with Crippen molar-refractivity contribution in [3.63, 3.8) is 0 Å². The Hall–Kier alpha value is -1.55. The number of fused-ring (bicyclic) bond motifs is 1. The van der Waals surface area contributed by atoms with E-state index in [0.29, 0.717) is 12.3 Å². The zero-order valence-electron chi connectivity index (χ0n) is 12.2. The summed E-state index contributed by atoms with van der Waals surface area (Å²) in [7, 11) is 0. The van der Waals surface area contributed by atoms with Crippen molar-refractivity contribution in [2.75, 3.05) is 6.61 Å². The molecule has 0 saturated carbocycles.